The zero-order valence-corrected chi connectivity index (χ0v) is 14.9. The average molecular weight is 332 g/mol. The van der Waals surface area contributed by atoms with Crippen molar-refractivity contribution in [2.75, 3.05) is 39.3 Å². The molecule has 0 aromatic heterocycles. The van der Waals surface area contributed by atoms with Gasteiger partial charge in [-0.3, -0.25) is 4.99 Å². The van der Waals surface area contributed by atoms with Gasteiger partial charge in [0.1, 0.15) is 0 Å². The predicted octanol–water partition coefficient (Wildman–Crippen LogP) is 2.15. The number of aliphatic imine (C=N–C) groups is 1. The number of aliphatic hydroxyl groups excluding tert-OH is 1. The van der Waals surface area contributed by atoms with Crippen LogP contribution in [0.1, 0.15) is 44.3 Å². The lowest BCUT2D eigenvalue weighted by molar-refractivity contribution is 0.170. The molecule has 1 unspecified atom stereocenters. The molecule has 1 heterocycles. The van der Waals surface area contributed by atoms with Crippen molar-refractivity contribution in [3.8, 4) is 0 Å². The second-order valence-electron chi connectivity index (χ2n) is 6.30. The standard InChI is InChI=1S/C19H32N4O/c1-2-20-19(22-13-16-23-14-7-4-8-15-23)21-12-11-18(24)17-9-5-3-6-10-17/h3,5-6,9-10,18,24H,2,4,7-8,11-16H2,1H3,(H2,20,21,22). The minimum absolute atomic E-state index is 0.453. The second kappa shape index (κ2) is 11.0. The fourth-order valence-electron chi connectivity index (χ4n) is 3.00. The lowest BCUT2D eigenvalue weighted by Crippen LogP contribution is -2.42. The van der Waals surface area contributed by atoms with Crippen molar-refractivity contribution in [2.45, 2.75) is 38.7 Å². The quantitative estimate of drug-likeness (QED) is 0.504. The van der Waals surface area contributed by atoms with Gasteiger partial charge in [0.25, 0.3) is 0 Å². The average Bonchev–Trinajstić information content (AvgIpc) is 2.63. The molecule has 0 spiro atoms. The summed E-state index contributed by atoms with van der Waals surface area (Å²) in [5.74, 6) is 0.842. The molecule has 0 bridgehead atoms. The van der Waals surface area contributed by atoms with Gasteiger partial charge in [-0.15, -0.1) is 0 Å². The summed E-state index contributed by atoms with van der Waals surface area (Å²) in [6.07, 6.45) is 4.20. The molecular formula is C19H32N4O. The molecule has 24 heavy (non-hydrogen) atoms. The van der Waals surface area contributed by atoms with E-state index in [9.17, 15) is 5.11 Å². The van der Waals surface area contributed by atoms with E-state index in [2.05, 4.69) is 27.4 Å². The molecule has 5 heteroatoms. The normalized spacial score (nSPS) is 17.5. The summed E-state index contributed by atoms with van der Waals surface area (Å²) >= 11 is 0. The third-order valence-electron chi connectivity index (χ3n) is 4.37. The lowest BCUT2D eigenvalue weighted by Gasteiger charge is -2.26. The number of likely N-dealkylation sites (tertiary alicyclic amines) is 1. The molecule has 0 saturated carbocycles. The van der Waals surface area contributed by atoms with Crippen molar-refractivity contribution < 1.29 is 5.11 Å². The zero-order valence-electron chi connectivity index (χ0n) is 14.9. The molecule has 1 atom stereocenters. The number of benzene rings is 1. The van der Waals surface area contributed by atoms with E-state index in [1.165, 1.54) is 32.4 Å². The van der Waals surface area contributed by atoms with Crippen molar-refractivity contribution in [3.63, 3.8) is 0 Å². The van der Waals surface area contributed by atoms with Gasteiger partial charge in [-0.05, 0) is 44.8 Å². The van der Waals surface area contributed by atoms with Crippen LogP contribution < -0.4 is 10.6 Å². The molecule has 2 rings (SSSR count). The number of rotatable bonds is 8. The van der Waals surface area contributed by atoms with E-state index in [-0.39, 0.29) is 0 Å². The van der Waals surface area contributed by atoms with Crippen molar-refractivity contribution in [1.82, 2.24) is 15.5 Å². The Morgan fingerprint density at radius 3 is 2.62 bits per heavy atom. The van der Waals surface area contributed by atoms with Crippen LogP contribution in [0.5, 0.6) is 0 Å². The predicted molar refractivity (Wildman–Crippen MR) is 100 cm³/mol. The fraction of sp³-hybridized carbons (Fsp3) is 0.632. The first kappa shape index (κ1) is 18.7. The van der Waals surface area contributed by atoms with E-state index in [0.717, 1.165) is 31.2 Å². The fourth-order valence-corrected chi connectivity index (χ4v) is 3.00. The smallest absolute Gasteiger partial charge is 0.191 e. The summed E-state index contributed by atoms with van der Waals surface area (Å²) < 4.78 is 0. The van der Waals surface area contributed by atoms with Crippen molar-refractivity contribution in [1.29, 1.82) is 0 Å². The van der Waals surface area contributed by atoms with Crippen molar-refractivity contribution in [2.24, 2.45) is 4.99 Å². The van der Waals surface area contributed by atoms with Gasteiger partial charge in [-0.25, -0.2) is 0 Å². The minimum Gasteiger partial charge on any atom is -0.388 e. The van der Waals surface area contributed by atoms with Crippen LogP contribution in [0.2, 0.25) is 0 Å². The molecule has 1 fully saturated rings. The highest BCUT2D eigenvalue weighted by Crippen LogP contribution is 2.15. The van der Waals surface area contributed by atoms with Gasteiger partial charge in [0.2, 0.25) is 0 Å². The van der Waals surface area contributed by atoms with Crippen molar-refractivity contribution >= 4 is 5.96 Å². The first-order valence-electron chi connectivity index (χ1n) is 9.27. The summed E-state index contributed by atoms with van der Waals surface area (Å²) in [7, 11) is 0. The topological polar surface area (TPSA) is 59.9 Å². The molecular weight excluding hydrogens is 300 g/mol. The number of hydrogen-bond acceptors (Lipinski definition) is 3. The van der Waals surface area contributed by atoms with E-state index in [0.29, 0.717) is 13.0 Å². The molecule has 0 aliphatic carbocycles. The number of guanidine groups is 1. The van der Waals surface area contributed by atoms with Crippen LogP contribution in [0.3, 0.4) is 0 Å². The Balaban J connectivity index is 1.71. The highest BCUT2D eigenvalue weighted by Gasteiger charge is 2.10. The van der Waals surface area contributed by atoms with Gasteiger partial charge in [0, 0.05) is 26.2 Å². The lowest BCUT2D eigenvalue weighted by atomic mass is 10.1. The maximum atomic E-state index is 10.2. The Hall–Kier alpha value is -1.59. The molecule has 1 aliphatic heterocycles. The molecule has 5 nitrogen and oxygen atoms in total. The third kappa shape index (κ3) is 6.89. The minimum atomic E-state index is -0.453. The van der Waals surface area contributed by atoms with Crippen molar-refractivity contribution in [3.05, 3.63) is 35.9 Å². The van der Waals surface area contributed by atoms with Gasteiger partial charge < -0.3 is 20.6 Å². The maximum absolute atomic E-state index is 10.2. The number of aliphatic hydroxyl groups is 1. The van der Waals surface area contributed by atoms with Gasteiger partial charge in [0.15, 0.2) is 5.96 Å². The summed E-state index contributed by atoms with van der Waals surface area (Å²) in [5, 5.41) is 16.9. The summed E-state index contributed by atoms with van der Waals surface area (Å²) in [6.45, 7) is 7.94. The number of nitrogens with one attached hydrogen (secondary N) is 2. The van der Waals surface area contributed by atoms with Gasteiger partial charge >= 0.3 is 0 Å². The number of nitrogens with zero attached hydrogens (tertiary/aromatic N) is 2. The largest absolute Gasteiger partial charge is 0.388 e. The van der Waals surface area contributed by atoms with Gasteiger partial charge in [-0.2, -0.15) is 0 Å². The Morgan fingerprint density at radius 2 is 1.92 bits per heavy atom. The highest BCUT2D eigenvalue weighted by molar-refractivity contribution is 5.79. The first-order valence-corrected chi connectivity index (χ1v) is 9.27. The van der Waals surface area contributed by atoms with Crippen LogP contribution in [-0.4, -0.2) is 55.2 Å². The molecule has 0 amide bonds. The number of piperidine rings is 1. The van der Waals surface area contributed by atoms with Gasteiger partial charge in [-0.1, -0.05) is 36.8 Å². The maximum Gasteiger partial charge on any atom is 0.191 e. The molecule has 3 N–H and O–H groups in total. The van der Waals surface area contributed by atoms with Gasteiger partial charge in [0.05, 0.1) is 6.10 Å². The van der Waals surface area contributed by atoms with E-state index >= 15 is 0 Å². The molecule has 1 aliphatic rings. The molecule has 1 aromatic carbocycles. The summed E-state index contributed by atoms with van der Waals surface area (Å²) in [4.78, 5) is 7.09. The monoisotopic (exact) mass is 332 g/mol. The Morgan fingerprint density at radius 1 is 1.17 bits per heavy atom. The van der Waals surface area contributed by atoms with Crippen LogP contribution in [-0.2, 0) is 0 Å². The van der Waals surface area contributed by atoms with Crippen LogP contribution in [0.15, 0.2) is 35.3 Å². The SMILES string of the molecule is CCNC(=NCCC(O)c1ccccc1)NCCN1CCCCC1. The Kier molecular flexibility index (Phi) is 8.63. The highest BCUT2D eigenvalue weighted by atomic mass is 16.3. The Labute approximate surface area is 146 Å². The zero-order chi connectivity index (χ0) is 17.0. The third-order valence-corrected chi connectivity index (χ3v) is 4.37. The second-order valence-corrected chi connectivity index (χ2v) is 6.30. The van der Waals surface area contributed by atoms with E-state index in [1.54, 1.807) is 0 Å². The van der Waals surface area contributed by atoms with Crippen LogP contribution in [0.4, 0.5) is 0 Å². The molecule has 1 aromatic rings. The van der Waals surface area contributed by atoms with E-state index < -0.39 is 6.10 Å². The Bertz CT molecular complexity index is 472. The summed E-state index contributed by atoms with van der Waals surface area (Å²) in [6, 6.07) is 9.78. The molecule has 0 radical (unpaired) electrons. The molecule has 1 saturated heterocycles. The van der Waals surface area contributed by atoms with Crippen LogP contribution in [0, 0.1) is 0 Å². The summed E-state index contributed by atoms with van der Waals surface area (Å²) in [5.41, 5.74) is 0.954. The van der Waals surface area contributed by atoms with Crippen LogP contribution >= 0.6 is 0 Å². The molecule has 134 valence electrons. The van der Waals surface area contributed by atoms with E-state index in [4.69, 9.17) is 0 Å². The first-order chi connectivity index (χ1) is 11.8. The van der Waals surface area contributed by atoms with Crippen LogP contribution in [0.25, 0.3) is 0 Å². The van der Waals surface area contributed by atoms with E-state index in [1.807, 2.05) is 30.3 Å². The number of hydrogen-bond donors (Lipinski definition) is 3.